The quantitative estimate of drug-likeness (QED) is 0.886. The van der Waals surface area contributed by atoms with E-state index in [1.165, 1.54) is 4.88 Å². The van der Waals surface area contributed by atoms with Crippen LogP contribution in [0, 0.1) is 0 Å². The Hall–Kier alpha value is -1.52. The molecule has 0 bridgehead atoms. The van der Waals surface area contributed by atoms with E-state index in [0.29, 0.717) is 11.6 Å². The van der Waals surface area contributed by atoms with Gasteiger partial charge >= 0.3 is 5.97 Å². The largest absolute Gasteiger partial charge is 0.480 e. The van der Waals surface area contributed by atoms with E-state index in [0.717, 1.165) is 12.1 Å². The minimum Gasteiger partial charge on any atom is -0.480 e. The number of thiophene rings is 1. The molecule has 0 saturated heterocycles. The summed E-state index contributed by atoms with van der Waals surface area (Å²) in [6, 6.07) is 11.4. The molecule has 2 rings (SSSR count). The van der Waals surface area contributed by atoms with Crippen LogP contribution in [0.3, 0.4) is 0 Å². The van der Waals surface area contributed by atoms with Gasteiger partial charge in [-0.25, -0.2) is 0 Å². The number of anilines is 1. The molecule has 0 aliphatic rings. The summed E-state index contributed by atoms with van der Waals surface area (Å²) in [5, 5.41) is 11.6. The van der Waals surface area contributed by atoms with Crippen molar-refractivity contribution in [3.63, 3.8) is 0 Å². The first-order valence-corrected chi connectivity index (χ1v) is 7.16. The minimum absolute atomic E-state index is 0.0465. The molecule has 3 nitrogen and oxygen atoms in total. The molecule has 19 heavy (non-hydrogen) atoms. The fourth-order valence-corrected chi connectivity index (χ4v) is 2.81. The van der Waals surface area contributed by atoms with E-state index in [2.05, 4.69) is 6.07 Å². The van der Waals surface area contributed by atoms with Gasteiger partial charge in [-0.2, -0.15) is 0 Å². The lowest BCUT2D eigenvalue weighted by molar-refractivity contribution is -0.135. The summed E-state index contributed by atoms with van der Waals surface area (Å²) in [5.41, 5.74) is 0.767. The lowest BCUT2D eigenvalue weighted by Gasteiger charge is -2.23. The predicted molar refractivity (Wildman–Crippen MR) is 79.3 cm³/mol. The highest BCUT2D eigenvalue weighted by molar-refractivity contribution is 7.09. The third kappa shape index (κ3) is 3.98. The van der Waals surface area contributed by atoms with Gasteiger partial charge in [-0.3, -0.25) is 4.79 Å². The van der Waals surface area contributed by atoms with Crippen LogP contribution >= 0.6 is 22.9 Å². The first kappa shape index (κ1) is 13.9. The van der Waals surface area contributed by atoms with Gasteiger partial charge in [-0.15, -0.1) is 11.3 Å². The van der Waals surface area contributed by atoms with Gasteiger partial charge in [0.15, 0.2) is 0 Å². The number of para-hydroxylation sites is 1. The molecule has 0 aliphatic carbocycles. The molecule has 0 spiro atoms. The van der Waals surface area contributed by atoms with Crippen LogP contribution in [0.25, 0.3) is 0 Å². The molecular weight excluding hydrogens is 282 g/mol. The molecule has 0 fully saturated rings. The highest BCUT2D eigenvalue weighted by atomic mass is 35.5. The summed E-state index contributed by atoms with van der Waals surface area (Å²) < 4.78 is 0. The van der Waals surface area contributed by atoms with Crippen LogP contribution in [0.1, 0.15) is 4.88 Å². The maximum Gasteiger partial charge on any atom is 0.323 e. The zero-order valence-corrected chi connectivity index (χ0v) is 11.8. The molecule has 100 valence electrons. The minimum atomic E-state index is -0.855. The topological polar surface area (TPSA) is 40.5 Å². The van der Waals surface area contributed by atoms with E-state index in [-0.39, 0.29) is 6.54 Å². The van der Waals surface area contributed by atoms with E-state index >= 15 is 0 Å². The summed E-state index contributed by atoms with van der Waals surface area (Å²) in [4.78, 5) is 14.0. The van der Waals surface area contributed by atoms with Gasteiger partial charge in [0.1, 0.15) is 6.54 Å². The Morgan fingerprint density at radius 1 is 1.26 bits per heavy atom. The van der Waals surface area contributed by atoms with Crippen molar-refractivity contribution in [2.24, 2.45) is 0 Å². The monoisotopic (exact) mass is 295 g/mol. The molecular formula is C14H14ClNO2S. The normalized spacial score (nSPS) is 10.4. The second-order valence-electron chi connectivity index (χ2n) is 4.10. The number of rotatable bonds is 6. The van der Waals surface area contributed by atoms with Crippen LogP contribution in [0.15, 0.2) is 41.8 Å². The summed E-state index contributed by atoms with van der Waals surface area (Å²) in [7, 11) is 0. The highest BCUT2D eigenvalue weighted by Gasteiger charge is 2.13. The van der Waals surface area contributed by atoms with Gasteiger partial charge < -0.3 is 10.0 Å². The molecule has 0 aliphatic heterocycles. The van der Waals surface area contributed by atoms with Crippen LogP contribution in [-0.2, 0) is 11.2 Å². The van der Waals surface area contributed by atoms with Crippen molar-refractivity contribution in [2.45, 2.75) is 6.42 Å². The molecule has 0 radical (unpaired) electrons. The third-order valence-corrected chi connectivity index (χ3v) is 3.98. The van der Waals surface area contributed by atoms with E-state index in [4.69, 9.17) is 16.7 Å². The number of hydrogen-bond donors (Lipinski definition) is 1. The predicted octanol–water partition coefficient (Wildman–Crippen LogP) is 3.54. The fourth-order valence-electron chi connectivity index (χ4n) is 1.86. The Labute approximate surface area is 121 Å². The molecule has 1 aromatic heterocycles. The fraction of sp³-hybridized carbons (Fsp3) is 0.214. The summed E-state index contributed by atoms with van der Waals surface area (Å²) >= 11 is 7.81. The average Bonchev–Trinajstić information content (AvgIpc) is 2.88. The second-order valence-corrected chi connectivity index (χ2v) is 5.54. The zero-order valence-electron chi connectivity index (χ0n) is 10.3. The van der Waals surface area contributed by atoms with Crippen LogP contribution in [0.2, 0.25) is 5.02 Å². The first-order valence-electron chi connectivity index (χ1n) is 5.90. The highest BCUT2D eigenvalue weighted by Crippen LogP contribution is 2.25. The van der Waals surface area contributed by atoms with E-state index in [9.17, 15) is 4.79 Å². The number of halogens is 1. The van der Waals surface area contributed by atoms with Gasteiger partial charge in [0.2, 0.25) is 0 Å². The van der Waals surface area contributed by atoms with Crippen molar-refractivity contribution in [3.05, 3.63) is 51.7 Å². The molecule has 0 atom stereocenters. The van der Waals surface area contributed by atoms with Gasteiger partial charge in [-0.1, -0.05) is 29.8 Å². The smallest absolute Gasteiger partial charge is 0.323 e. The van der Waals surface area contributed by atoms with Gasteiger partial charge in [0.25, 0.3) is 0 Å². The van der Waals surface area contributed by atoms with Crippen molar-refractivity contribution in [1.29, 1.82) is 0 Å². The van der Waals surface area contributed by atoms with Crippen molar-refractivity contribution >= 4 is 34.6 Å². The van der Waals surface area contributed by atoms with Crippen LogP contribution < -0.4 is 4.90 Å². The first-order chi connectivity index (χ1) is 9.16. The maximum absolute atomic E-state index is 11.0. The van der Waals surface area contributed by atoms with Gasteiger partial charge in [0.05, 0.1) is 10.7 Å². The van der Waals surface area contributed by atoms with Crippen molar-refractivity contribution in [2.75, 3.05) is 18.0 Å². The van der Waals surface area contributed by atoms with Crippen molar-refractivity contribution < 1.29 is 9.90 Å². The molecule has 0 amide bonds. The Kier molecular flexibility index (Phi) is 4.82. The SMILES string of the molecule is O=C(O)CN(CCc1cccs1)c1ccccc1Cl. The number of carbonyl (C=O) groups is 1. The molecule has 1 aromatic carbocycles. The zero-order chi connectivity index (χ0) is 13.7. The number of benzene rings is 1. The number of nitrogens with zero attached hydrogens (tertiary/aromatic N) is 1. The second kappa shape index (κ2) is 6.59. The van der Waals surface area contributed by atoms with E-state index in [1.807, 2.05) is 29.6 Å². The maximum atomic E-state index is 11.0. The lowest BCUT2D eigenvalue weighted by Crippen LogP contribution is -2.31. The van der Waals surface area contributed by atoms with Crippen LogP contribution in [-0.4, -0.2) is 24.2 Å². The third-order valence-electron chi connectivity index (χ3n) is 2.73. The van der Waals surface area contributed by atoms with E-state index < -0.39 is 5.97 Å². The molecule has 1 N–H and O–H groups in total. The molecule has 2 aromatic rings. The Balaban J connectivity index is 2.11. The lowest BCUT2D eigenvalue weighted by atomic mass is 10.2. The van der Waals surface area contributed by atoms with E-state index in [1.54, 1.807) is 22.3 Å². The van der Waals surface area contributed by atoms with Crippen molar-refractivity contribution in [3.8, 4) is 0 Å². The number of hydrogen-bond acceptors (Lipinski definition) is 3. The number of aliphatic carboxylic acids is 1. The summed E-state index contributed by atoms with van der Waals surface area (Å²) in [6.07, 6.45) is 0.816. The standard InChI is InChI=1S/C14H14ClNO2S/c15-12-5-1-2-6-13(12)16(10-14(17)18)8-7-11-4-3-9-19-11/h1-6,9H,7-8,10H2,(H,17,18). The Morgan fingerprint density at radius 3 is 2.68 bits per heavy atom. The molecule has 0 saturated carbocycles. The van der Waals surface area contributed by atoms with Crippen LogP contribution in [0.4, 0.5) is 5.69 Å². The summed E-state index contributed by atoms with van der Waals surface area (Å²) in [6.45, 7) is 0.589. The number of carboxylic acids is 1. The number of carboxylic acid groups (broad SMARTS) is 1. The van der Waals surface area contributed by atoms with Gasteiger partial charge in [-0.05, 0) is 30.0 Å². The molecule has 5 heteroatoms. The van der Waals surface area contributed by atoms with Crippen LogP contribution in [0.5, 0.6) is 0 Å². The van der Waals surface area contributed by atoms with Crippen molar-refractivity contribution in [1.82, 2.24) is 0 Å². The Bertz CT molecular complexity index is 542. The van der Waals surface area contributed by atoms with Gasteiger partial charge in [0, 0.05) is 11.4 Å². The molecule has 1 heterocycles. The summed E-state index contributed by atoms with van der Waals surface area (Å²) in [5.74, 6) is -0.855. The Morgan fingerprint density at radius 2 is 2.05 bits per heavy atom. The molecule has 0 unspecified atom stereocenters. The average molecular weight is 296 g/mol.